The number of rotatable bonds is 5. The van der Waals surface area contributed by atoms with E-state index in [0.717, 1.165) is 6.29 Å². The second-order valence-corrected chi connectivity index (χ2v) is 3.73. The van der Waals surface area contributed by atoms with Gasteiger partial charge in [-0.15, -0.1) is 0 Å². The van der Waals surface area contributed by atoms with Gasteiger partial charge < -0.3 is 15.0 Å². The summed E-state index contributed by atoms with van der Waals surface area (Å²) in [5.41, 5.74) is 0.855. The number of hydrogen-bond donors (Lipinski definition) is 2. The number of benzene rings is 1. The molecule has 0 bridgehead atoms. The van der Waals surface area contributed by atoms with Crippen LogP contribution in [0.5, 0.6) is 0 Å². The molecule has 0 saturated carbocycles. The fraction of sp³-hybridized carbons (Fsp3) is 0.273. The van der Waals surface area contributed by atoms with Crippen molar-refractivity contribution in [3.63, 3.8) is 0 Å². The van der Waals surface area contributed by atoms with Crippen molar-refractivity contribution in [1.29, 1.82) is 0 Å². The van der Waals surface area contributed by atoms with Gasteiger partial charge in [-0.1, -0.05) is 17.7 Å². The molecule has 5 heteroatoms. The monoisotopic (exact) mass is 242 g/mol. The third-order valence-corrected chi connectivity index (χ3v) is 2.40. The summed E-state index contributed by atoms with van der Waals surface area (Å²) in [5, 5.41) is 18.5. The van der Waals surface area contributed by atoms with Crippen molar-refractivity contribution in [2.75, 3.05) is 0 Å². The quantitative estimate of drug-likeness (QED) is 0.769. The summed E-state index contributed by atoms with van der Waals surface area (Å²) in [6.45, 7) is 0. The predicted molar refractivity (Wildman–Crippen MR) is 58.4 cm³/mol. The highest BCUT2D eigenvalue weighted by molar-refractivity contribution is 6.30. The normalized spacial score (nSPS) is 12.1. The molecule has 1 unspecified atom stereocenters. The fourth-order valence-electron chi connectivity index (χ4n) is 1.40. The lowest BCUT2D eigenvalue weighted by Gasteiger charge is -2.11. The number of carboxylic acid groups (broad SMARTS) is 1. The second kappa shape index (κ2) is 5.63. The highest BCUT2D eigenvalue weighted by Gasteiger charge is 2.19. The van der Waals surface area contributed by atoms with E-state index in [0.29, 0.717) is 17.0 Å². The van der Waals surface area contributed by atoms with Crippen LogP contribution < -0.4 is 0 Å². The number of aliphatic carboxylic acids is 1. The standard InChI is InChI=1S/C11H11ClO4/c12-8-4-3-7(2-1-5-13)9(6-8)10(14)11(15)16/h3-6,10,14H,1-2H2,(H,15,16). The van der Waals surface area contributed by atoms with Crippen LogP contribution in [0.4, 0.5) is 0 Å². The Kier molecular flexibility index (Phi) is 4.46. The zero-order chi connectivity index (χ0) is 12.1. The van der Waals surface area contributed by atoms with E-state index in [-0.39, 0.29) is 12.0 Å². The van der Waals surface area contributed by atoms with Crippen LogP contribution in [0.1, 0.15) is 23.7 Å². The molecule has 0 heterocycles. The fourth-order valence-corrected chi connectivity index (χ4v) is 1.58. The minimum atomic E-state index is -1.61. The van der Waals surface area contributed by atoms with Gasteiger partial charge in [0.2, 0.25) is 0 Å². The zero-order valence-corrected chi connectivity index (χ0v) is 9.15. The molecular formula is C11H11ClO4. The van der Waals surface area contributed by atoms with Crippen LogP contribution in [0.3, 0.4) is 0 Å². The average Bonchev–Trinajstić information content (AvgIpc) is 2.26. The van der Waals surface area contributed by atoms with Crippen LogP contribution in [0, 0.1) is 0 Å². The molecule has 1 atom stereocenters. The number of aryl methyl sites for hydroxylation is 1. The van der Waals surface area contributed by atoms with Gasteiger partial charge in [0.15, 0.2) is 6.10 Å². The predicted octanol–water partition coefficient (Wildman–Crippen LogP) is 1.59. The number of aliphatic hydroxyl groups is 1. The summed E-state index contributed by atoms with van der Waals surface area (Å²) < 4.78 is 0. The van der Waals surface area contributed by atoms with Gasteiger partial charge in [-0.05, 0) is 29.7 Å². The van der Waals surface area contributed by atoms with E-state index in [1.807, 2.05) is 0 Å². The Balaban J connectivity index is 3.06. The van der Waals surface area contributed by atoms with Crippen LogP contribution in [0.25, 0.3) is 0 Å². The number of aliphatic hydroxyl groups excluding tert-OH is 1. The summed E-state index contributed by atoms with van der Waals surface area (Å²) in [6, 6.07) is 4.62. The van der Waals surface area contributed by atoms with Crippen LogP contribution in [-0.2, 0) is 16.0 Å². The zero-order valence-electron chi connectivity index (χ0n) is 8.39. The van der Waals surface area contributed by atoms with Gasteiger partial charge in [-0.3, -0.25) is 0 Å². The molecule has 0 amide bonds. The Bertz CT molecular complexity index is 403. The van der Waals surface area contributed by atoms with E-state index in [1.165, 1.54) is 6.07 Å². The SMILES string of the molecule is O=CCCc1ccc(Cl)cc1C(O)C(=O)O. The highest BCUT2D eigenvalue weighted by Crippen LogP contribution is 2.23. The molecule has 4 nitrogen and oxygen atoms in total. The van der Waals surface area contributed by atoms with E-state index in [4.69, 9.17) is 16.7 Å². The molecule has 1 rings (SSSR count). The molecule has 0 aromatic heterocycles. The van der Waals surface area contributed by atoms with E-state index in [1.54, 1.807) is 12.1 Å². The minimum absolute atomic E-state index is 0.238. The number of carbonyl (C=O) groups excluding carboxylic acids is 1. The third-order valence-electron chi connectivity index (χ3n) is 2.17. The maximum atomic E-state index is 10.7. The molecule has 0 saturated heterocycles. The number of halogens is 1. The smallest absolute Gasteiger partial charge is 0.337 e. The molecule has 0 fully saturated rings. The van der Waals surface area contributed by atoms with Gasteiger partial charge in [0.25, 0.3) is 0 Å². The Morgan fingerprint density at radius 3 is 2.75 bits per heavy atom. The largest absolute Gasteiger partial charge is 0.479 e. The van der Waals surface area contributed by atoms with E-state index < -0.39 is 12.1 Å². The van der Waals surface area contributed by atoms with Gasteiger partial charge in [-0.25, -0.2) is 4.79 Å². The molecule has 2 N–H and O–H groups in total. The highest BCUT2D eigenvalue weighted by atomic mass is 35.5. The lowest BCUT2D eigenvalue weighted by molar-refractivity contribution is -0.147. The number of hydrogen-bond acceptors (Lipinski definition) is 3. The van der Waals surface area contributed by atoms with Crippen molar-refractivity contribution in [2.24, 2.45) is 0 Å². The van der Waals surface area contributed by atoms with E-state index in [2.05, 4.69) is 0 Å². The molecule has 0 radical (unpaired) electrons. The van der Waals surface area contributed by atoms with Crippen molar-refractivity contribution in [3.05, 3.63) is 34.3 Å². The molecule has 0 spiro atoms. The number of carboxylic acids is 1. The van der Waals surface area contributed by atoms with Gasteiger partial charge in [0, 0.05) is 11.4 Å². The Morgan fingerprint density at radius 1 is 1.50 bits per heavy atom. The van der Waals surface area contributed by atoms with Crippen molar-refractivity contribution in [3.8, 4) is 0 Å². The average molecular weight is 243 g/mol. The first-order valence-electron chi connectivity index (χ1n) is 4.69. The Labute approximate surface area is 97.5 Å². The van der Waals surface area contributed by atoms with Crippen LogP contribution in [-0.4, -0.2) is 22.5 Å². The first-order valence-corrected chi connectivity index (χ1v) is 5.07. The van der Waals surface area contributed by atoms with Crippen LogP contribution in [0.2, 0.25) is 5.02 Å². The van der Waals surface area contributed by atoms with Crippen LogP contribution >= 0.6 is 11.6 Å². The first-order chi connectivity index (χ1) is 7.56. The van der Waals surface area contributed by atoms with Crippen LogP contribution in [0.15, 0.2) is 18.2 Å². The van der Waals surface area contributed by atoms with Crippen molar-refractivity contribution < 1.29 is 19.8 Å². The molecule has 0 aliphatic rings. The first kappa shape index (κ1) is 12.7. The maximum absolute atomic E-state index is 10.7. The molecule has 86 valence electrons. The molecular weight excluding hydrogens is 232 g/mol. The van der Waals surface area contributed by atoms with Gasteiger partial charge in [-0.2, -0.15) is 0 Å². The van der Waals surface area contributed by atoms with E-state index >= 15 is 0 Å². The minimum Gasteiger partial charge on any atom is -0.479 e. The number of carbonyl (C=O) groups is 2. The summed E-state index contributed by atoms with van der Waals surface area (Å²) in [4.78, 5) is 20.9. The molecule has 0 aliphatic carbocycles. The van der Waals surface area contributed by atoms with Crippen molar-refractivity contribution >= 4 is 23.9 Å². The Morgan fingerprint density at radius 2 is 2.19 bits per heavy atom. The second-order valence-electron chi connectivity index (χ2n) is 3.29. The van der Waals surface area contributed by atoms with Crippen molar-refractivity contribution in [1.82, 2.24) is 0 Å². The summed E-state index contributed by atoms with van der Waals surface area (Å²) in [7, 11) is 0. The summed E-state index contributed by atoms with van der Waals surface area (Å²) >= 11 is 5.73. The van der Waals surface area contributed by atoms with Crippen molar-refractivity contribution in [2.45, 2.75) is 18.9 Å². The molecule has 1 aromatic carbocycles. The Hall–Kier alpha value is -1.39. The number of aldehydes is 1. The lowest BCUT2D eigenvalue weighted by atomic mass is 9.99. The summed E-state index contributed by atoms with van der Waals surface area (Å²) in [6.07, 6.45) is -0.201. The van der Waals surface area contributed by atoms with E-state index in [9.17, 15) is 14.7 Å². The van der Waals surface area contributed by atoms with Gasteiger partial charge in [0.05, 0.1) is 0 Å². The maximum Gasteiger partial charge on any atom is 0.337 e. The van der Waals surface area contributed by atoms with Gasteiger partial charge >= 0.3 is 5.97 Å². The lowest BCUT2D eigenvalue weighted by Crippen LogP contribution is -2.12. The molecule has 1 aromatic rings. The topological polar surface area (TPSA) is 74.6 Å². The van der Waals surface area contributed by atoms with Gasteiger partial charge in [0.1, 0.15) is 6.29 Å². The third kappa shape index (κ3) is 3.05. The molecule has 0 aliphatic heterocycles. The summed E-state index contributed by atoms with van der Waals surface area (Å²) in [5.74, 6) is -1.34. The molecule has 16 heavy (non-hydrogen) atoms.